The molecule has 0 aliphatic carbocycles. The van der Waals surface area contributed by atoms with Gasteiger partial charge in [0.05, 0.1) is 11.0 Å². The summed E-state index contributed by atoms with van der Waals surface area (Å²) in [6, 6.07) is 6.84. The van der Waals surface area contributed by atoms with Crippen molar-refractivity contribution < 1.29 is 0 Å². The van der Waals surface area contributed by atoms with Gasteiger partial charge in [-0.1, -0.05) is 38.8 Å². The second-order valence-electron chi connectivity index (χ2n) is 5.09. The summed E-state index contributed by atoms with van der Waals surface area (Å²) in [5.74, 6) is 0.677. The summed E-state index contributed by atoms with van der Waals surface area (Å²) < 4.78 is 3.13. The van der Waals surface area contributed by atoms with Crippen molar-refractivity contribution in [3.63, 3.8) is 0 Å². The van der Waals surface area contributed by atoms with Gasteiger partial charge in [-0.25, -0.2) is 0 Å². The molecule has 0 aliphatic rings. The number of nitrogens with zero attached hydrogens (tertiary/aromatic N) is 1. The van der Waals surface area contributed by atoms with E-state index in [-0.39, 0.29) is 0 Å². The molecule has 1 heterocycles. The third-order valence-corrected chi connectivity index (χ3v) is 4.40. The van der Waals surface area contributed by atoms with E-state index >= 15 is 0 Å². The monoisotopic (exact) mass is 262 g/mol. The fourth-order valence-corrected chi connectivity index (χ4v) is 3.24. The van der Waals surface area contributed by atoms with Gasteiger partial charge < -0.3 is 9.55 Å². The van der Waals surface area contributed by atoms with E-state index in [1.807, 2.05) is 0 Å². The lowest BCUT2D eigenvalue weighted by Gasteiger charge is -2.23. The first-order valence-electron chi connectivity index (χ1n) is 6.79. The molecule has 0 fully saturated rings. The fourth-order valence-electron chi connectivity index (χ4n) is 2.88. The molecule has 1 aromatic heterocycles. The maximum Gasteiger partial charge on any atom is 0.178 e. The van der Waals surface area contributed by atoms with Crippen LogP contribution in [0.1, 0.15) is 45.2 Å². The molecular formula is C15H22N2S. The predicted octanol–water partition coefficient (Wildman–Crippen LogP) is 5.00. The number of rotatable bonds is 4. The molecule has 1 N–H and O–H groups in total. The van der Waals surface area contributed by atoms with Crippen molar-refractivity contribution in [3.05, 3.63) is 28.5 Å². The van der Waals surface area contributed by atoms with Crippen LogP contribution in [0.2, 0.25) is 0 Å². The van der Waals surface area contributed by atoms with E-state index in [0.29, 0.717) is 12.0 Å². The number of para-hydroxylation sites is 1. The van der Waals surface area contributed by atoms with Gasteiger partial charge in [0.25, 0.3) is 0 Å². The Labute approximate surface area is 114 Å². The molecule has 98 valence electrons. The number of hydrogen-bond donors (Lipinski definition) is 1. The largest absolute Gasteiger partial charge is 0.330 e. The Morgan fingerprint density at radius 2 is 1.94 bits per heavy atom. The second-order valence-corrected chi connectivity index (χ2v) is 5.47. The van der Waals surface area contributed by atoms with E-state index in [2.05, 4.69) is 55.4 Å². The Balaban J connectivity index is 2.60. The van der Waals surface area contributed by atoms with E-state index in [1.54, 1.807) is 0 Å². The second kappa shape index (κ2) is 5.27. The molecule has 2 nitrogen and oxygen atoms in total. The lowest BCUT2D eigenvalue weighted by molar-refractivity contribution is 0.337. The molecule has 2 aromatic rings. The zero-order chi connectivity index (χ0) is 13.3. The van der Waals surface area contributed by atoms with Crippen LogP contribution in [0.15, 0.2) is 18.2 Å². The molecule has 3 heteroatoms. The third kappa shape index (κ3) is 2.12. The fraction of sp³-hybridized carbons (Fsp3) is 0.533. The molecule has 2 rings (SSSR count). The average Bonchev–Trinajstić information content (AvgIpc) is 2.68. The zero-order valence-electron chi connectivity index (χ0n) is 11.7. The Kier molecular flexibility index (Phi) is 3.91. The smallest absolute Gasteiger partial charge is 0.178 e. The summed E-state index contributed by atoms with van der Waals surface area (Å²) in [5.41, 5.74) is 3.67. The number of benzene rings is 1. The molecule has 0 aliphatic heterocycles. The first-order chi connectivity index (χ1) is 8.60. The van der Waals surface area contributed by atoms with Crippen LogP contribution < -0.4 is 0 Å². The van der Waals surface area contributed by atoms with Crippen LogP contribution in [0.4, 0.5) is 0 Å². The number of aromatic amines is 1. The van der Waals surface area contributed by atoms with Gasteiger partial charge in [-0.15, -0.1) is 0 Å². The van der Waals surface area contributed by atoms with E-state index in [0.717, 1.165) is 4.77 Å². The van der Waals surface area contributed by atoms with Gasteiger partial charge in [0.15, 0.2) is 4.77 Å². The lowest BCUT2D eigenvalue weighted by Crippen LogP contribution is -2.15. The molecule has 0 saturated heterocycles. The van der Waals surface area contributed by atoms with Crippen molar-refractivity contribution in [2.75, 3.05) is 0 Å². The number of aromatic nitrogens is 2. The Morgan fingerprint density at radius 3 is 2.56 bits per heavy atom. The summed E-state index contributed by atoms with van der Waals surface area (Å²) in [7, 11) is 0. The van der Waals surface area contributed by atoms with Crippen molar-refractivity contribution >= 4 is 23.3 Å². The highest BCUT2D eigenvalue weighted by atomic mass is 32.1. The molecular weight excluding hydrogens is 240 g/mol. The van der Waals surface area contributed by atoms with Crippen molar-refractivity contribution in [2.45, 2.75) is 46.6 Å². The minimum Gasteiger partial charge on any atom is -0.330 e. The maximum atomic E-state index is 5.51. The Hall–Kier alpha value is -1.09. The predicted molar refractivity (Wildman–Crippen MR) is 80.6 cm³/mol. The molecule has 1 unspecified atom stereocenters. The van der Waals surface area contributed by atoms with Crippen LogP contribution in [0.3, 0.4) is 0 Å². The number of nitrogens with one attached hydrogen (secondary N) is 1. The van der Waals surface area contributed by atoms with E-state index in [9.17, 15) is 0 Å². The number of imidazole rings is 1. The van der Waals surface area contributed by atoms with Crippen molar-refractivity contribution in [2.24, 2.45) is 5.92 Å². The molecule has 0 spiro atoms. The Morgan fingerprint density at radius 1 is 1.28 bits per heavy atom. The maximum absolute atomic E-state index is 5.51. The number of aryl methyl sites for hydroxylation is 1. The Bertz CT molecular complexity index is 590. The molecule has 18 heavy (non-hydrogen) atoms. The van der Waals surface area contributed by atoms with Gasteiger partial charge in [-0.3, -0.25) is 0 Å². The average molecular weight is 262 g/mol. The van der Waals surface area contributed by atoms with Crippen molar-refractivity contribution in [3.8, 4) is 0 Å². The van der Waals surface area contributed by atoms with Gasteiger partial charge in [-0.05, 0) is 43.6 Å². The molecule has 1 aromatic carbocycles. The summed E-state index contributed by atoms with van der Waals surface area (Å²) in [4.78, 5) is 3.36. The van der Waals surface area contributed by atoms with Crippen LogP contribution in [0, 0.1) is 17.6 Å². The van der Waals surface area contributed by atoms with E-state index < -0.39 is 0 Å². The third-order valence-electron chi connectivity index (χ3n) is 4.10. The first kappa shape index (κ1) is 13.3. The van der Waals surface area contributed by atoms with Crippen LogP contribution in [-0.4, -0.2) is 9.55 Å². The number of H-pyrrole nitrogens is 1. The summed E-state index contributed by atoms with van der Waals surface area (Å²) in [6.45, 7) is 8.92. The number of fused-ring (bicyclic) bond motifs is 1. The first-order valence-corrected chi connectivity index (χ1v) is 7.20. The molecule has 0 bridgehead atoms. The van der Waals surface area contributed by atoms with Crippen LogP contribution in [0.25, 0.3) is 11.0 Å². The standard InChI is InChI=1S/C15H22N2S/c1-5-12(6-2)11(4)17-13-9-7-8-10(3)14(13)16-15(17)18/h7-9,11-12H,5-6H2,1-4H3,(H,16,18). The highest BCUT2D eigenvalue weighted by Crippen LogP contribution is 2.29. The summed E-state index contributed by atoms with van der Waals surface area (Å²) >= 11 is 5.51. The highest BCUT2D eigenvalue weighted by molar-refractivity contribution is 7.71. The minimum atomic E-state index is 0.447. The SMILES string of the molecule is CCC(CC)C(C)n1c(=S)[nH]c2c(C)cccc21. The quantitative estimate of drug-likeness (QED) is 0.769. The summed E-state index contributed by atoms with van der Waals surface area (Å²) in [6.07, 6.45) is 2.38. The minimum absolute atomic E-state index is 0.447. The number of hydrogen-bond acceptors (Lipinski definition) is 1. The molecule has 1 atom stereocenters. The van der Waals surface area contributed by atoms with Crippen LogP contribution in [0.5, 0.6) is 0 Å². The lowest BCUT2D eigenvalue weighted by atomic mass is 9.95. The topological polar surface area (TPSA) is 20.7 Å². The van der Waals surface area contributed by atoms with Crippen molar-refractivity contribution in [1.82, 2.24) is 9.55 Å². The zero-order valence-corrected chi connectivity index (χ0v) is 12.5. The molecule has 0 saturated carbocycles. The molecule has 0 radical (unpaired) electrons. The van der Waals surface area contributed by atoms with Gasteiger partial charge >= 0.3 is 0 Å². The van der Waals surface area contributed by atoms with Crippen molar-refractivity contribution in [1.29, 1.82) is 0 Å². The van der Waals surface area contributed by atoms with Gasteiger partial charge in [-0.2, -0.15) is 0 Å². The van der Waals surface area contributed by atoms with Crippen LogP contribution >= 0.6 is 12.2 Å². The van der Waals surface area contributed by atoms with Crippen LogP contribution in [-0.2, 0) is 0 Å². The molecule has 0 amide bonds. The summed E-state index contributed by atoms with van der Waals surface area (Å²) in [5, 5.41) is 0. The van der Waals surface area contributed by atoms with Gasteiger partial charge in [0.2, 0.25) is 0 Å². The van der Waals surface area contributed by atoms with Gasteiger partial charge in [0, 0.05) is 6.04 Å². The van der Waals surface area contributed by atoms with E-state index in [4.69, 9.17) is 12.2 Å². The van der Waals surface area contributed by atoms with E-state index in [1.165, 1.54) is 29.4 Å². The normalized spacial score (nSPS) is 13.4. The highest BCUT2D eigenvalue weighted by Gasteiger charge is 2.18. The van der Waals surface area contributed by atoms with Gasteiger partial charge in [0.1, 0.15) is 0 Å².